The van der Waals surface area contributed by atoms with Gasteiger partial charge in [-0.3, -0.25) is 0 Å². The number of benzene rings is 1. The van der Waals surface area contributed by atoms with Crippen molar-refractivity contribution < 1.29 is 13.2 Å². The fourth-order valence-electron chi connectivity index (χ4n) is 1.79. The summed E-state index contributed by atoms with van der Waals surface area (Å²) >= 11 is 0. The predicted octanol–water partition coefficient (Wildman–Crippen LogP) is 1.80. The van der Waals surface area contributed by atoms with Crippen LogP contribution in [-0.4, -0.2) is 21.3 Å². The van der Waals surface area contributed by atoms with Gasteiger partial charge in [0.05, 0.1) is 4.90 Å². The van der Waals surface area contributed by atoms with E-state index in [9.17, 15) is 8.42 Å². The molecule has 2 rings (SSSR count). The Kier molecular flexibility index (Phi) is 3.81. The van der Waals surface area contributed by atoms with Crippen molar-refractivity contribution in [1.82, 2.24) is 4.72 Å². The van der Waals surface area contributed by atoms with Crippen molar-refractivity contribution in [3.8, 4) is 0 Å². The zero-order valence-electron chi connectivity index (χ0n) is 9.85. The van der Waals surface area contributed by atoms with Crippen molar-refractivity contribution in [3.63, 3.8) is 0 Å². The van der Waals surface area contributed by atoms with Gasteiger partial charge >= 0.3 is 0 Å². The van der Waals surface area contributed by atoms with E-state index >= 15 is 0 Å². The molecule has 1 aromatic carbocycles. The lowest BCUT2D eigenvalue weighted by Crippen LogP contribution is -2.38. The van der Waals surface area contributed by atoms with E-state index in [1.165, 1.54) is 0 Å². The Morgan fingerprint density at radius 3 is 2.53 bits per heavy atom. The van der Waals surface area contributed by atoms with Crippen molar-refractivity contribution in [2.24, 2.45) is 0 Å². The van der Waals surface area contributed by atoms with Crippen LogP contribution in [0.2, 0.25) is 0 Å². The second-order valence-electron chi connectivity index (χ2n) is 4.29. The molecular formula is C12H17NO3S. The monoisotopic (exact) mass is 255 g/mol. The molecule has 1 N–H and O–H groups in total. The van der Waals surface area contributed by atoms with E-state index in [0.29, 0.717) is 6.61 Å². The van der Waals surface area contributed by atoms with Crippen molar-refractivity contribution >= 4 is 10.0 Å². The molecule has 0 amide bonds. The first-order valence-electron chi connectivity index (χ1n) is 5.78. The Morgan fingerprint density at radius 1 is 1.24 bits per heavy atom. The minimum atomic E-state index is -3.45. The molecule has 5 heteroatoms. The maximum atomic E-state index is 12.0. The molecule has 1 atom stereocenters. The highest BCUT2D eigenvalue weighted by molar-refractivity contribution is 7.89. The standard InChI is InChI=1S/C12H17NO3S/c1-10-5-7-11(8-6-10)17(14,15)13-12-4-2-3-9-16-12/h5-8,12-13H,2-4,9H2,1H3/t12-/m1/s1. The second kappa shape index (κ2) is 5.16. The first-order chi connectivity index (χ1) is 8.08. The molecule has 1 heterocycles. The number of sulfonamides is 1. The quantitative estimate of drug-likeness (QED) is 0.896. The lowest BCUT2D eigenvalue weighted by Gasteiger charge is -2.23. The molecule has 0 aliphatic carbocycles. The third-order valence-corrected chi connectivity index (χ3v) is 4.26. The first kappa shape index (κ1) is 12.5. The van der Waals surface area contributed by atoms with Crippen molar-refractivity contribution in [2.75, 3.05) is 6.61 Å². The van der Waals surface area contributed by atoms with Gasteiger partial charge in [-0.1, -0.05) is 17.7 Å². The average Bonchev–Trinajstić information content (AvgIpc) is 2.30. The van der Waals surface area contributed by atoms with E-state index in [0.717, 1.165) is 24.8 Å². The number of aryl methyl sites for hydroxylation is 1. The van der Waals surface area contributed by atoms with Crippen LogP contribution in [-0.2, 0) is 14.8 Å². The molecule has 94 valence electrons. The lowest BCUT2D eigenvalue weighted by molar-refractivity contribution is 0.00955. The summed E-state index contributed by atoms with van der Waals surface area (Å²) < 4.78 is 32.0. The molecule has 1 saturated heterocycles. The molecule has 0 radical (unpaired) electrons. The highest BCUT2D eigenvalue weighted by atomic mass is 32.2. The van der Waals surface area contributed by atoms with Gasteiger partial charge in [0, 0.05) is 6.61 Å². The lowest BCUT2D eigenvalue weighted by atomic mass is 10.2. The number of ether oxygens (including phenoxy) is 1. The zero-order valence-corrected chi connectivity index (χ0v) is 10.7. The summed E-state index contributed by atoms with van der Waals surface area (Å²) in [6, 6.07) is 6.80. The number of hydrogen-bond acceptors (Lipinski definition) is 3. The molecule has 0 aromatic heterocycles. The summed E-state index contributed by atoms with van der Waals surface area (Å²) in [4.78, 5) is 0.289. The van der Waals surface area contributed by atoms with Gasteiger partial charge in [-0.25, -0.2) is 8.42 Å². The fraction of sp³-hybridized carbons (Fsp3) is 0.500. The van der Waals surface area contributed by atoms with Gasteiger partial charge in [0.15, 0.2) is 0 Å². The maximum Gasteiger partial charge on any atom is 0.242 e. The van der Waals surface area contributed by atoms with Gasteiger partial charge in [-0.05, 0) is 38.3 Å². The van der Waals surface area contributed by atoms with E-state index in [-0.39, 0.29) is 11.1 Å². The summed E-state index contributed by atoms with van der Waals surface area (Å²) in [5.41, 5.74) is 1.04. The second-order valence-corrected chi connectivity index (χ2v) is 6.00. The summed E-state index contributed by atoms with van der Waals surface area (Å²) in [6.07, 6.45) is 2.37. The Bertz CT molecular complexity index is 461. The minimum absolute atomic E-state index is 0.289. The maximum absolute atomic E-state index is 12.0. The smallest absolute Gasteiger partial charge is 0.242 e. The van der Waals surface area contributed by atoms with E-state index in [1.807, 2.05) is 6.92 Å². The van der Waals surface area contributed by atoms with Crippen LogP contribution in [0, 0.1) is 6.92 Å². The third-order valence-electron chi connectivity index (χ3n) is 2.80. The predicted molar refractivity (Wildman–Crippen MR) is 65.1 cm³/mol. The molecule has 1 aromatic rings. The SMILES string of the molecule is Cc1ccc(S(=O)(=O)N[C@H]2CCCCO2)cc1. The summed E-state index contributed by atoms with van der Waals surface area (Å²) in [5, 5.41) is 0. The molecule has 1 fully saturated rings. The van der Waals surface area contributed by atoms with Crippen molar-refractivity contribution in [3.05, 3.63) is 29.8 Å². The van der Waals surface area contributed by atoms with E-state index < -0.39 is 10.0 Å². The zero-order chi connectivity index (χ0) is 12.3. The van der Waals surface area contributed by atoms with Crippen LogP contribution >= 0.6 is 0 Å². The third kappa shape index (κ3) is 3.28. The summed E-state index contributed by atoms with van der Waals surface area (Å²) in [7, 11) is -3.45. The molecule has 1 aliphatic rings. The molecule has 1 aliphatic heterocycles. The topological polar surface area (TPSA) is 55.4 Å². The number of hydrogen-bond donors (Lipinski definition) is 1. The van der Waals surface area contributed by atoms with E-state index in [1.54, 1.807) is 24.3 Å². The first-order valence-corrected chi connectivity index (χ1v) is 7.27. The number of rotatable bonds is 3. The van der Waals surface area contributed by atoms with Crippen LogP contribution in [0.1, 0.15) is 24.8 Å². The molecule has 4 nitrogen and oxygen atoms in total. The molecular weight excluding hydrogens is 238 g/mol. The Morgan fingerprint density at radius 2 is 1.94 bits per heavy atom. The highest BCUT2D eigenvalue weighted by Crippen LogP contribution is 2.15. The molecule has 0 unspecified atom stereocenters. The van der Waals surface area contributed by atoms with Crippen LogP contribution in [0.15, 0.2) is 29.2 Å². The number of nitrogens with one attached hydrogen (secondary N) is 1. The largest absolute Gasteiger partial charge is 0.362 e. The Balaban J connectivity index is 2.10. The van der Waals surface area contributed by atoms with Gasteiger partial charge in [-0.15, -0.1) is 0 Å². The van der Waals surface area contributed by atoms with Gasteiger partial charge in [0.25, 0.3) is 0 Å². The molecule has 0 spiro atoms. The van der Waals surface area contributed by atoms with E-state index in [2.05, 4.69) is 4.72 Å². The van der Waals surface area contributed by atoms with Gasteiger partial charge < -0.3 is 4.74 Å². The molecule has 17 heavy (non-hydrogen) atoms. The van der Waals surface area contributed by atoms with Crippen molar-refractivity contribution in [2.45, 2.75) is 37.3 Å². The van der Waals surface area contributed by atoms with Gasteiger partial charge in [0.1, 0.15) is 6.23 Å². The Labute approximate surface area is 102 Å². The summed E-state index contributed by atoms with van der Waals surface area (Å²) in [5.74, 6) is 0. The molecule has 0 bridgehead atoms. The van der Waals surface area contributed by atoms with Gasteiger partial charge in [0.2, 0.25) is 10.0 Å². The Hall–Kier alpha value is -0.910. The van der Waals surface area contributed by atoms with Crippen LogP contribution in [0.25, 0.3) is 0 Å². The molecule has 0 saturated carbocycles. The minimum Gasteiger partial charge on any atom is -0.362 e. The normalized spacial score (nSPS) is 21.4. The average molecular weight is 255 g/mol. The van der Waals surface area contributed by atoms with E-state index in [4.69, 9.17) is 4.74 Å². The fourth-order valence-corrected chi connectivity index (χ4v) is 2.95. The highest BCUT2D eigenvalue weighted by Gasteiger charge is 2.21. The van der Waals surface area contributed by atoms with Crippen LogP contribution in [0.5, 0.6) is 0 Å². The summed E-state index contributed by atoms with van der Waals surface area (Å²) in [6.45, 7) is 2.55. The van der Waals surface area contributed by atoms with Crippen molar-refractivity contribution in [1.29, 1.82) is 0 Å². The van der Waals surface area contributed by atoms with Gasteiger partial charge in [-0.2, -0.15) is 4.72 Å². The van der Waals surface area contributed by atoms with Crippen LogP contribution in [0.4, 0.5) is 0 Å². The van der Waals surface area contributed by atoms with Crippen LogP contribution < -0.4 is 4.72 Å². The van der Waals surface area contributed by atoms with Crippen LogP contribution in [0.3, 0.4) is 0 Å².